The molecule has 0 aromatic rings. The van der Waals surface area contributed by atoms with Gasteiger partial charge in [0.15, 0.2) is 0 Å². The van der Waals surface area contributed by atoms with Gasteiger partial charge < -0.3 is 30.6 Å². The molecular weight excluding hydrogens is 1150 g/mol. The Kier molecular flexibility index (Phi) is 19.1. The predicted molar refractivity (Wildman–Crippen MR) is 180 cm³/mol. The summed E-state index contributed by atoms with van der Waals surface area (Å²) in [6.45, 7) is 10.0. The molecule has 0 heterocycles. The Hall–Kier alpha value is -1.63. The van der Waals surface area contributed by atoms with Crippen molar-refractivity contribution in [2.45, 2.75) is 119 Å². The van der Waals surface area contributed by atoms with E-state index in [4.69, 9.17) is 0 Å². The van der Waals surface area contributed by atoms with Gasteiger partial charge in [-0.2, -0.15) is 39.5 Å². The van der Waals surface area contributed by atoms with E-state index in [0.29, 0.717) is 0 Å². The van der Waals surface area contributed by atoms with Gasteiger partial charge in [-0.25, -0.2) is 0 Å². The summed E-state index contributed by atoms with van der Waals surface area (Å²) >= 11 is 0. The second-order valence-corrected chi connectivity index (χ2v) is 17.4. The van der Waals surface area contributed by atoms with Gasteiger partial charge in [-0.15, -0.1) is 0 Å². The van der Waals surface area contributed by atoms with Gasteiger partial charge in [-0.05, 0) is 59.3 Å². The zero-order chi connectivity index (χ0) is 48.4. The minimum absolute atomic E-state index is 0. The van der Waals surface area contributed by atoms with Crippen LogP contribution in [0.25, 0.3) is 0 Å². The third-order valence-electron chi connectivity index (χ3n) is 14.8. The predicted octanol–water partition coefficient (Wildman–Crippen LogP) is 6.30. The molecule has 0 spiro atoms. The second kappa shape index (κ2) is 18.9. The molecular formula is C36H45Eu2F9O15. The van der Waals surface area contributed by atoms with Crippen LogP contribution in [0.15, 0.2) is 0 Å². The van der Waals surface area contributed by atoms with Crippen molar-refractivity contribution >= 4 is 53.2 Å². The molecule has 62 heavy (non-hydrogen) atoms. The van der Waals surface area contributed by atoms with E-state index in [-0.39, 0.29) is 118 Å². The van der Waals surface area contributed by atoms with Gasteiger partial charge >= 0.3 is 54.3 Å². The second-order valence-electron chi connectivity index (χ2n) is 17.4. The molecule has 356 valence electrons. The molecule has 0 amide bonds. The number of hydrogen-bond acceptors (Lipinski definition) is 9. The van der Waals surface area contributed by atoms with E-state index in [2.05, 4.69) is 0 Å². The number of halogens is 9. The van der Waals surface area contributed by atoms with Crippen molar-refractivity contribution in [3.8, 4) is 0 Å². The molecule has 26 heteroatoms. The number of carbonyl (C=O) groups excluding carboxylic acids is 3. The van der Waals surface area contributed by atoms with E-state index in [0.717, 1.165) is 41.5 Å². The third-order valence-corrected chi connectivity index (χ3v) is 14.8. The van der Waals surface area contributed by atoms with Gasteiger partial charge in [0.2, 0.25) is 0 Å². The monoisotopic (exact) mass is 1190 g/mol. The minimum atomic E-state index is -5.33. The smallest absolute Gasteiger partial charge is 0.451 e. The summed E-state index contributed by atoms with van der Waals surface area (Å²) in [6.07, 6.45) is -18.9. The third kappa shape index (κ3) is 9.09. The maximum Gasteiger partial charge on any atom is 0.451 e. The molecule has 3 fully saturated rings. The summed E-state index contributed by atoms with van der Waals surface area (Å²) in [7, 11) is 0. The van der Waals surface area contributed by atoms with E-state index in [1.165, 1.54) is 20.8 Å². The molecule has 6 N–H and O–H groups in total. The van der Waals surface area contributed by atoms with Gasteiger partial charge in [0.1, 0.15) is 16.2 Å². The summed E-state index contributed by atoms with van der Waals surface area (Å²) in [4.78, 5) is 103. The van der Waals surface area contributed by atoms with Gasteiger partial charge in [0, 0.05) is 115 Å². The molecule has 0 aliphatic heterocycles. The fourth-order valence-corrected chi connectivity index (χ4v) is 9.06. The van der Waals surface area contributed by atoms with Crippen LogP contribution in [0.4, 0.5) is 39.5 Å². The van der Waals surface area contributed by atoms with Crippen LogP contribution in [0.5, 0.6) is 0 Å². The number of ketones is 3. The summed E-state index contributed by atoms with van der Waals surface area (Å²) in [5.41, 5.74) is -19.2. The molecule has 15 nitrogen and oxygen atoms in total. The first-order valence-electron chi connectivity index (χ1n) is 17.5. The number of carboxylic acid groups (broad SMARTS) is 6. The van der Waals surface area contributed by atoms with E-state index in [9.17, 15) is 113 Å². The van der Waals surface area contributed by atoms with Crippen molar-refractivity contribution in [2.24, 2.45) is 48.7 Å². The van der Waals surface area contributed by atoms with Crippen molar-refractivity contribution < 1.29 is 212 Å². The molecule has 2 radical (unpaired) electrons. The van der Waals surface area contributed by atoms with Crippen LogP contribution in [0, 0.1) is 147 Å². The van der Waals surface area contributed by atoms with Crippen LogP contribution >= 0.6 is 0 Å². The molecule has 6 atom stereocenters. The van der Waals surface area contributed by atoms with Gasteiger partial charge in [0.05, 0.1) is 16.2 Å². The Morgan fingerprint density at radius 2 is 0.468 bits per heavy atom. The summed E-state index contributed by atoms with van der Waals surface area (Å²) in [6, 6.07) is 0. The molecule has 3 saturated carbocycles. The zero-order valence-electron chi connectivity index (χ0n) is 34.3. The molecule has 0 aromatic carbocycles. The van der Waals surface area contributed by atoms with Crippen molar-refractivity contribution in [1.29, 1.82) is 0 Å². The van der Waals surface area contributed by atoms with Crippen molar-refractivity contribution in [1.82, 2.24) is 0 Å². The van der Waals surface area contributed by atoms with Crippen LogP contribution in [0.3, 0.4) is 0 Å². The van der Waals surface area contributed by atoms with Crippen LogP contribution in [0.2, 0.25) is 0 Å². The van der Waals surface area contributed by atoms with E-state index >= 15 is 0 Å². The number of rotatable bonds is 9. The zero-order valence-corrected chi connectivity index (χ0v) is 39.1. The maximum absolute atomic E-state index is 12.7. The number of Topliss-reactive ketones (excluding diaryl/α,β-unsaturated/α-hetero) is 3. The van der Waals surface area contributed by atoms with E-state index < -0.39 is 140 Å². The van der Waals surface area contributed by atoms with Gasteiger partial charge in [-0.3, -0.25) is 43.2 Å². The summed E-state index contributed by atoms with van der Waals surface area (Å²) in [5, 5.41) is 55.4. The normalized spacial score (nSPS) is 31.8. The van der Waals surface area contributed by atoms with Crippen molar-refractivity contribution in [2.75, 3.05) is 0 Å². The average molecular weight is 1190 g/mol. The largest absolute Gasteiger partial charge is 0.481 e. The van der Waals surface area contributed by atoms with E-state index in [1.807, 2.05) is 0 Å². The number of carboxylic acids is 6. The molecule has 3 rings (SSSR count). The first-order valence-corrected chi connectivity index (χ1v) is 17.5. The molecule has 3 aliphatic carbocycles. The quantitative estimate of drug-likeness (QED) is 0.109. The Labute approximate surface area is 428 Å². The molecule has 0 bridgehead atoms. The number of alkyl halides is 9. The topological polar surface area (TPSA) is 275 Å². The van der Waals surface area contributed by atoms with Gasteiger partial charge in [-0.1, -0.05) is 41.5 Å². The van der Waals surface area contributed by atoms with Crippen molar-refractivity contribution in [3.05, 3.63) is 0 Å². The van der Waals surface area contributed by atoms with Crippen LogP contribution in [-0.4, -0.2) is 102 Å². The fourth-order valence-electron chi connectivity index (χ4n) is 9.06. The summed E-state index contributed by atoms with van der Waals surface area (Å²) < 4.78 is 115. The average Bonchev–Trinajstić information content (AvgIpc) is 3.53. The van der Waals surface area contributed by atoms with E-state index in [1.54, 1.807) is 0 Å². The summed E-state index contributed by atoms with van der Waals surface area (Å²) in [5.74, 6) is -17.2. The Morgan fingerprint density at radius 1 is 0.323 bits per heavy atom. The SMILES string of the molecule is CC1(C)C(C(=O)O)(C(=O)C(F)(F)F)CC[C@@]1(C)C(=O)O.CC1(C)C(C(=O)O)(C(=O)C(F)(F)F)CC[C@@]1(C)C(=O)O.CC1(C)C(C(=O)O)(C(=O)C(F)(F)F)CC[C@@]1(C)C(=O)O.[Eu].[Eu]. The Balaban J connectivity index is 0. The Morgan fingerprint density at radius 3 is 0.548 bits per heavy atom. The van der Waals surface area contributed by atoms with Crippen LogP contribution in [0.1, 0.15) is 101 Å². The first-order chi connectivity index (χ1) is 26.2. The number of hydrogen-bond donors (Lipinski definition) is 6. The molecule has 0 aromatic heterocycles. The standard InChI is InChI=1S/3C12H15F3O5.2Eu/c3*1-9(2)10(3,7(17)18)4-5-11(9,8(19)20)6(16)12(13,14)15;;/h3*4-5H2,1-3H3,(H,17,18)(H,19,20);;/t3*10-,11?;;/m000../s1. The number of carbonyl (C=O) groups is 9. The fraction of sp³-hybridized carbons (Fsp3) is 0.750. The van der Waals surface area contributed by atoms with Crippen LogP contribution in [-0.2, 0) is 43.2 Å². The first kappa shape index (κ1) is 62.5. The van der Waals surface area contributed by atoms with Gasteiger partial charge in [0.25, 0.3) is 17.3 Å². The molecule has 0 saturated heterocycles. The van der Waals surface area contributed by atoms with Crippen LogP contribution < -0.4 is 0 Å². The minimum Gasteiger partial charge on any atom is -0.481 e. The number of aliphatic carboxylic acids is 6. The maximum atomic E-state index is 12.7. The molecule has 3 unspecified atom stereocenters. The Bertz CT molecular complexity index is 1670. The molecule has 3 aliphatic rings. The van der Waals surface area contributed by atoms with Crippen molar-refractivity contribution in [3.63, 3.8) is 0 Å².